The van der Waals surface area contributed by atoms with Crippen molar-refractivity contribution in [3.05, 3.63) is 40.7 Å². The molecule has 0 radical (unpaired) electrons. The average Bonchev–Trinajstić information content (AvgIpc) is 3.24. The molecule has 2 N–H and O–H groups in total. The van der Waals surface area contributed by atoms with Crippen LogP contribution in [-0.2, 0) is 18.9 Å². The van der Waals surface area contributed by atoms with Gasteiger partial charge in [0.2, 0.25) is 6.79 Å². The van der Waals surface area contributed by atoms with Crippen LogP contribution in [0.3, 0.4) is 0 Å². The van der Waals surface area contributed by atoms with Gasteiger partial charge in [-0.25, -0.2) is 0 Å². The van der Waals surface area contributed by atoms with Crippen molar-refractivity contribution in [1.82, 2.24) is 20.4 Å². The lowest BCUT2D eigenvalue weighted by Gasteiger charge is -2.28. The van der Waals surface area contributed by atoms with E-state index in [0.29, 0.717) is 6.79 Å². The Bertz CT molecular complexity index is 901. The summed E-state index contributed by atoms with van der Waals surface area (Å²) in [5.41, 5.74) is 4.69. The maximum atomic E-state index is 5.53. The largest absolute Gasteiger partial charge is 0.454 e. The van der Waals surface area contributed by atoms with Crippen LogP contribution in [0, 0.1) is 13.8 Å². The molecule has 1 atom stereocenters. The third kappa shape index (κ3) is 4.66. The van der Waals surface area contributed by atoms with Crippen LogP contribution >= 0.6 is 0 Å². The molecule has 0 amide bonds. The number of benzene rings is 1. The highest BCUT2D eigenvalue weighted by Crippen LogP contribution is 2.36. The zero-order valence-electron chi connectivity index (χ0n) is 18.6. The van der Waals surface area contributed by atoms with E-state index in [2.05, 4.69) is 67.5 Å². The lowest BCUT2D eigenvalue weighted by Crippen LogP contribution is -2.47. The highest BCUT2D eigenvalue weighted by molar-refractivity contribution is 5.80. The summed E-state index contributed by atoms with van der Waals surface area (Å²) >= 11 is 0. The van der Waals surface area contributed by atoms with Crippen molar-refractivity contribution in [1.29, 1.82) is 0 Å². The molecule has 0 saturated heterocycles. The fourth-order valence-corrected chi connectivity index (χ4v) is 3.62. The van der Waals surface area contributed by atoms with Gasteiger partial charge in [-0.05, 0) is 50.5 Å². The Morgan fingerprint density at radius 3 is 2.66 bits per heavy atom. The molecular formula is C22H33N5O2. The summed E-state index contributed by atoms with van der Waals surface area (Å²) in [6.45, 7) is 11.8. The summed E-state index contributed by atoms with van der Waals surface area (Å²) < 4.78 is 12.9. The molecule has 7 nitrogen and oxygen atoms in total. The molecule has 0 aliphatic carbocycles. The van der Waals surface area contributed by atoms with Crippen molar-refractivity contribution in [2.45, 2.75) is 52.5 Å². The first kappa shape index (κ1) is 21.0. The number of guanidine groups is 1. The van der Waals surface area contributed by atoms with E-state index in [9.17, 15) is 0 Å². The number of hydrogen-bond acceptors (Lipinski definition) is 4. The second-order valence-electron chi connectivity index (χ2n) is 8.40. The molecule has 29 heavy (non-hydrogen) atoms. The Hall–Kier alpha value is -2.70. The van der Waals surface area contributed by atoms with Gasteiger partial charge in [0.25, 0.3) is 0 Å². The van der Waals surface area contributed by atoms with E-state index in [1.807, 2.05) is 17.8 Å². The summed E-state index contributed by atoms with van der Waals surface area (Å²) in [5, 5.41) is 11.5. The molecule has 0 fully saturated rings. The van der Waals surface area contributed by atoms with E-state index in [-0.39, 0.29) is 11.5 Å². The van der Waals surface area contributed by atoms with E-state index in [1.165, 1.54) is 16.8 Å². The minimum Gasteiger partial charge on any atom is -0.454 e. The normalized spacial score (nSPS) is 14.8. The number of nitrogens with one attached hydrogen (secondary N) is 2. The Morgan fingerprint density at radius 2 is 2.00 bits per heavy atom. The van der Waals surface area contributed by atoms with E-state index in [4.69, 9.17) is 9.47 Å². The maximum absolute atomic E-state index is 5.53. The number of rotatable bonds is 6. The maximum Gasteiger partial charge on any atom is 0.231 e. The molecule has 1 unspecified atom stereocenters. The quantitative estimate of drug-likeness (QED) is 0.577. The van der Waals surface area contributed by atoms with Crippen LogP contribution in [0.5, 0.6) is 11.5 Å². The van der Waals surface area contributed by atoms with E-state index < -0.39 is 0 Å². The molecule has 0 saturated carbocycles. The number of aromatic nitrogens is 2. The van der Waals surface area contributed by atoms with Gasteiger partial charge in [-0.3, -0.25) is 9.67 Å². The van der Waals surface area contributed by atoms with E-state index in [0.717, 1.165) is 36.1 Å². The average molecular weight is 400 g/mol. The number of fused-ring (bicyclic) bond motifs is 1. The summed E-state index contributed by atoms with van der Waals surface area (Å²) in [6.07, 6.45) is 0.901. The summed E-state index contributed by atoms with van der Waals surface area (Å²) in [5.74, 6) is 2.42. The monoisotopic (exact) mass is 399 g/mol. The minimum atomic E-state index is -0.0988. The number of nitrogens with zero attached hydrogens (tertiary/aromatic N) is 3. The van der Waals surface area contributed by atoms with Crippen LogP contribution in [-0.4, -0.2) is 42.2 Å². The Balaban J connectivity index is 1.59. The molecule has 1 aliphatic rings. The molecule has 1 aromatic carbocycles. The van der Waals surface area contributed by atoms with Gasteiger partial charge in [-0.15, -0.1) is 0 Å². The third-order valence-electron chi connectivity index (χ3n) is 5.63. The summed E-state index contributed by atoms with van der Waals surface area (Å²) in [6, 6.07) is 6.38. The van der Waals surface area contributed by atoms with Gasteiger partial charge in [-0.1, -0.05) is 19.9 Å². The molecule has 3 rings (SSSR count). The van der Waals surface area contributed by atoms with Crippen molar-refractivity contribution >= 4 is 5.96 Å². The molecule has 1 aliphatic heterocycles. The number of aryl methyl sites for hydroxylation is 2. The molecular weight excluding hydrogens is 366 g/mol. The van der Waals surface area contributed by atoms with Gasteiger partial charge in [0.1, 0.15) is 0 Å². The van der Waals surface area contributed by atoms with E-state index >= 15 is 0 Å². The van der Waals surface area contributed by atoms with Gasteiger partial charge in [0, 0.05) is 37.8 Å². The first-order valence-electron chi connectivity index (χ1n) is 10.1. The number of hydrogen-bond donors (Lipinski definition) is 2. The van der Waals surface area contributed by atoms with Crippen molar-refractivity contribution in [3.63, 3.8) is 0 Å². The molecule has 158 valence electrons. The van der Waals surface area contributed by atoms with Gasteiger partial charge >= 0.3 is 0 Å². The minimum absolute atomic E-state index is 0.0988. The zero-order valence-corrected chi connectivity index (χ0v) is 18.6. The van der Waals surface area contributed by atoms with Crippen LogP contribution in [0.25, 0.3) is 0 Å². The lowest BCUT2D eigenvalue weighted by molar-refractivity contribution is 0.174. The van der Waals surface area contributed by atoms with Gasteiger partial charge < -0.3 is 20.1 Å². The predicted octanol–water partition coefficient (Wildman–Crippen LogP) is 2.84. The standard InChI is InChI=1S/C22H33N5O2/c1-14(10-18-15(2)26-27(7)16(18)3)25-21(23-6)24-12-22(4,5)17-8-9-19-20(11-17)29-13-28-19/h8-9,11,14H,10,12-13H2,1-7H3,(H2,23,24,25). The van der Waals surface area contributed by atoms with Crippen molar-refractivity contribution < 1.29 is 9.47 Å². The van der Waals surface area contributed by atoms with Gasteiger partial charge in [0.15, 0.2) is 17.5 Å². The Labute approximate surface area is 173 Å². The number of aliphatic imine (C=N–C) groups is 1. The molecule has 1 aromatic heterocycles. The van der Waals surface area contributed by atoms with Crippen molar-refractivity contribution in [2.24, 2.45) is 12.0 Å². The number of ether oxygens (including phenoxy) is 2. The van der Waals surface area contributed by atoms with Gasteiger partial charge in [0.05, 0.1) is 5.69 Å². The summed E-state index contributed by atoms with van der Waals surface area (Å²) in [7, 11) is 3.79. The lowest BCUT2D eigenvalue weighted by atomic mass is 9.84. The summed E-state index contributed by atoms with van der Waals surface area (Å²) in [4.78, 5) is 4.40. The molecule has 2 aromatic rings. The Kier molecular flexibility index (Phi) is 6.05. The topological polar surface area (TPSA) is 72.7 Å². The molecule has 0 spiro atoms. The van der Waals surface area contributed by atoms with Gasteiger partial charge in [-0.2, -0.15) is 5.10 Å². The second kappa shape index (κ2) is 8.35. The fraction of sp³-hybridized carbons (Fsp3) is 0.545. The van der Waals surface area contributed by atoms with Crippen molar-refractivity contribution in [2.75, 3.05) is 20.4 Å². The molecule has 2 heterocycles. The highest BCUT2D eigenvalue weighted by atomic mass is 16.7. The highest BCUT2D eigenvalue weighted by Gasteiger charge is 2.24. The van der Waals surface area contributed by atoms with Crippen LogP contribution in [0.4, 0.5) is 0 Å². The SMILES string of the molecule is CN=C(NCC(C)(C)c1ccc2c(c1)OCO2)NC(C)Cc1c(C)nn(C)c1C. The fourth-order valence-electron chi connectivity index (χ4n) is 3.62. The first-order valence-corrected chi connectivity index (χ1v) is 10.1. The smallest absolute Gasteiger partial charge is 0.231 e. The zero-order chi connectivity index (χ0) is 21.2. The Morgan fingerprint density at radius 1 is 1.28 bits per heavy atom. The second-order valence-corrected chi connectivity index (χ2v) is 8.40. The van der Waals surface area contributed by atoms with Crippen LogP contribution < -0.4 is 20.1 Å². The van der Waals surface area contributed by atoms with Crippen LogP contribution in [0.1, 0.15) is 43.3 Å². The van der Waals surface area contributed by atoms with E-state index in [1.54, 1.807) is 7.05 Å². The molecule has 7 heteroatoms. The van der Waals surface area contributed by atoms with Crippen LogP contribution in [0.15, 0.2) is 23.2 Å². The molecule has 0 bridgehead atoms. The predicted molar refractivity (Wildman–Crippen MR) is 116 cm³/mol. The van der Waals surface area contributed by atoms with Crippen molar-refractivity contribution in [3.8, 4) is 11.5 Å². The van der Waals surface area contributed by atoms with Crippen LogP contribution in [0.2, 0.25) is 0 Å². The third-order valence-corrected chi connectivity index (χ3v) is 5.63. The first-order chi connectivity index (χ1) is 13.7.